The summed E-state index contributed by atoms with van der Waals surface area (Å²) in [5, 5.41) is 0. The number of hydrogen-bond donors (Lipinski definition) is 1. The van der Waals surface area contributed by atoms with Crippen LogP contribution in [0.4, 0.5) is 10.1 Å². The minimum Gasteiger partial charge on any atom is -0.371 e. The van der Waals surface area contributed by atoms with Gasteiger partial charge in [0.2, 0.25) is 0 Å². The molecule has 0 saturated heterocycles. The predicted molar refractivity (Wildman–Crippen MR) is 69.6 cm³/mol. The Morgan fingerprint density at radius 3 is 2.71 bits per heavy atom. The molecule has 1 atom stereocenters. The molecule has 0 aliphatic heterocycles. The monoisotopic (exact) mass is 236 g/mol. The Morgan fingerprint density at radius 2 is 2.18 bits per heavy atom. The molecule has 1 unspecified atom stereocenters. The number of anilines is 1. The van der Waals surface area contributed by atoms with Crippen LogP contribution in [-0.2, 0) is 0 Å². The van der Waals surface area contributed by atoms with Crippen molar-refractivity contribution in [2.75, 3.05) is 18.0 Å². The zero-order valence-electron chi connectivity index (χ0n) is 10.6. The zero-order valence-corrected chi connectivity index (χ0v) is 10.6. The number of nitrogens with two attached hydrogens (primary N) is 1. The first-order valence-electron chi connectivity index (χ1n) is 6.42. The van der Waals surface area contributed by atoms with E-state index in [4.69, 9.17) is 5.73 Å². The molecule has 3 heteroatoms. The van der Waals surface area contributed by atoms with Crippen LogP contribution in [0.5, 0.6) is 0 Å². The van der Waals surface area contributed by atoms with Crippen LogP contribution < -0.4 is 10.6 Å². The predicted octanol–water partition coefficient (Wildman–Crippen LogP) is 3.08. The minimum atomic E-state index is -0.264. The summed E-state index contributed by atoms with van der Waals surface area (Å²) < 4.78 is 13.8. The molecule has 2 rings (SSSR count). The van der Waals surface area contributed by atoms with Gasteiger partial charge in [0.05, 0.1) is 0 Å². The Hall–Kier alpha value is -1.09. The Bertz CT molecular complexity index is 386. The molecule has 0 amide bonds. The van der Waals surface area contributed by atoms with Crippen molar-refractivity contribution >= 4 is 5.69 Å². The standard InChI is InChI=1S/C14H21FN2/c1-3-17(9-11-7-8-11)13-6-4-5-12(15)14(13)10(2)16/h4-6,10-11H,3,7-9,16H2,1-2H3. The van der Waals surface area contributed by atoms with Crippen LogP contribution in [0.3, 0.4) is 0 Å². The molecule has 0 radical (unpaired) electrons. The normalized spacial score (nSPS) is 16.9. The van der Waals surface area contributed by atoms with Gasteiger partial charge in [0, 0.05) is 30.4 Å². The summed E-state index contributed by atoms with van der Waals surface area (Å²) in [4.78, 5) is 2.25. The highest BCUT2D eigenvalue weighted by atomic mass is 19.1. The minimum absolute atomic E-state index is 0.188. The summed E-state index contributed by atoms with van der Waals surface area (Å²) >= 11 is 0. The molecule has 0 spiro atoms. The van der Waals surface area contributed by atoms with Crippen LogP contribution in [0.15, 0.2) is 18.2 Å². The largest absolute Gasteiger partial charge is 0.371 e. The van der Waals surface area contributed by atoms with Crippen molar-refractivity contribution in [2.24, 2.45) is 11.7 Å². The molecule has 1 aromatic rings. The first kappa shape index (κ1) is 12.4. The summed E-state index contributed by atoms with van der Waals surface area (Å²) in [6.07, 6.45) is 2.61. The lowest BCUT2D eigenvalue weighted by Gasteiger charge is -2.27. The van der Waals surface area contributed by atoms with Gasteiger partial charge in [-0.25, -0.2) is 4.39 Å². The first-order valence-corrected chi connectivity index (χ1v) is 6.42. The van der Waals surface area contributed by atoms with Gasteiger partial charge in [-0.1, -0.05) is 6.07 Å². The molecular formula is C14H21FN2. The van der Waals surface area contributed by atoms with Crippen molar-refractivity contribution in [3.05, 3.63) is 29.6 Å². The second kappa shape index (κ2) is 5.05. The molecule has 1 aromatic carbocycles. The number of hydrogen-bond acceptors (Lipinski definition) is 2. The molecule has 1 fully saturated rings. The van der Waals surface area contributed by atoms with Gasteiger partial charge in [-0.05, 0) is 44.7 Å². The smallest absolute Gasteiger partial charge is 0.130 e. The Kier molecular flexibility index (Phi) is 3.67. The quantitative estimate of drug-likeness (QED) is 0.851. The van der Waals surface area contributed by atoms with Crippen LogP contribution in [0.1, 0.15) is 38.3 Å². The van der Waals surface area contributed by atoms with Gasteiger partial charge in [0.1, 0.15) is 5.82 Å². The fourth-order valence-electron chi connectivity index (χ4n) is 2.26. The van der Waals surface area contributed by atoms with E-state index in [1.807, 2.05) is 13.0 Å². The average Bonchev–Trinajstić information content (AvgIpc) is 3.08. The lowest BCUT2D eigenvalue weighted by atomic mass is 10.0. The fourth-order valence-corrected chi connectivity index (χ4v) is 2.26. The molecule has 1 aliphatic rings. The molecule has 2 nitrogen and oxygen atoms in total. The third-order valence-electron chi connectivity index (χ3n) is 3.38. The highest BCUT2D eigenvalue weighted by molar-refractivity contribution is 5.55. The van der Waals surface area contributed by atoms with E-state index in [-0.39, 0.29) is 11.9 Å². The Morgan fingerprint density at radius 1 is 1.47 bits per heavy atom. The highest BCUT2D eigenvalue weighted by Crippen LogP contribution is 2.34. The molecule has 1 saturated carbocycles. The van der Waals surface area contributed by atoms with Gasteiger partial charge in [-0.15, -0.1) is 0 Å². The van der Waals surface area contributed by atoms with E-state index in [0.29, 0.717) is 5.56 Å². The SMILES string of the molecule is CCN(CC1CC1)c1cccc(F)c1C(C)N. The summed E-state index contributed by atoms with van der Waals surface area (Å²) in [7, 11) is 0. The van der Waals surface area contributed by atoms with Crippen molar-refractivity contribution < 1.29 is 4.39 Å². The molecule has 94 valence electrons. The van der Waals surface area contributed by atoms with Crippen LogP contribution in [0.25, 0.3) is 0 Å². The lowest BCUT2D eigenvalue weighted by molar-refractivity contribution is 0.590. The third-order valence-corrected chi connectivity index (χ3v) is 3.38. The van der Waals surface area contributed by atoms with Crippen molar-refractivity contribution in [1.82, 2.24) is 0 Å². The van der Waals surface area contributed by atoms with E-state index in [1.54, 1.807) is 6.07 Å². The van der Waals surface area contributed by atoms with Gasteiger partial charge in [0.25, 0.3) is 0 Å². The number of benzene rings is 1. The van der Waals surface area contributed by atoms with Crippen LogP contribution in [-0.4, -0.2) is 13.1 Å². The van der Waals surface area contributed by atoms with Crippen molar-refractivity contribution in [3.8, 4) is 0 Å². The lowest BCUT2D eigenvalue weighted by Crippen LogP contribution is -2.27. The van der Waals surface area contributed by atoms with Crippen molar-refractivity contribution in [1.29, 1.82) is 0 Å². The van der Waals surface area contributed by atoms with Crippen LogP contribution >= 0.6 is 0 Å². The van der Waals surface area contributed by atoms with E-state index in [0.717, 1.165) is 24.7 Å². The van der Waals surface area contributed by atoms with E-state index in [1.165, 1.54) is 18.9 Å². The Labute approximate surface area is 103 Å². The Balaban J connectivity index is 2.30. The second-order valence-corrected chi connectivity index (χ2v) is 4.94. The van der Waals surface area contributed by atoms with Crippen LogP contribution in [0.2, 0.25) is 0 Å². The summed E-state index contributed by atoms with van der Waals surface area (Å²) in [5.41, 5.74) is 7.50. The summed E-state index contributed by atoms with van der Waals surface area (Å²) in [5.74, 6) is 0.603. The maximum absolute atomic E-state index is 13.8. The summed E-state index contributed by atoms with van der Waals surface area (Å²) in [6, 6.07) is 4.98. The molecule has 0 heterocycles. The van der Waals surface area contributed by atoms with E-state index in [2.05, 4.69) is 11.8 Å². The van der Waals surface area contributed by atoms with Crippen LogP contribution in [0, 0.1) is 11.7 Å². The van der Waals surface area contributed by atoms with E-state index >= 15 is 0 Å². The molecule has 17 heavy (non-hydrogen) atoms. The van der Waals surface area contributed by atoms with Crippen molar-refractivity contribution in [2.45, 2.75) is 32.7 Å². The number of rotatable bonds is 5. The average molecular weight is 236 g/mol. The van der Waals surface area contributed by atoms with Gasteiger partial charge in [-0.2, -0.15) is 0 Å². The van der Waals surface area contributed by atoms with Crippen molar-refractivity contribution in [3.63, 3.8) is 0 Å². The highest BCUT2D eigenvalue weighted by Gasteiger charge is 2.25. The molecular weight excluding hydrogens is 215 g/mol. The topological polar surface area (TPSA) is 29.3 Å². The number of halogens is 1. The fraction of sp³-hybridized carbons (Fsp3) is 0.571. The van der Waals surface area contributed by atoms with E-state index in [9.17, 15) is 4.39 Å². The molecule has 0 bridgehead atoms. The summed E-state index contributed by atoms with van der Waals surface area (Å²) in [6.45, 7) is 5.88. The first-order chi connectivity index (χ1) is 8.13. The maximum atomic E-state index is 13.8. The molecule has 1 aliphatic carbocycles. The third kappa shape index (κ3) is 2.78. The van der Waals surface area contributed by atoms with Gasteiger partial charge < -0.3 is 10.6 Å². The molecule has 0 aromatic heterocycles. The zero-order chi connectivity index (χ0) is 12.4. The van der Waals surface area contributed by atoms with Gasteiger partial charge in [0.15, 0.2) is 0 Å². The molecule has 2 N–H and O–H groups in total. The maximum Gasteiger partial charge on any atom is 0.130 e. The number of nitrogens with zero attached hydrogens (tertiary/aromatic N) is 1. The van der Waals surface area contributed by atoms with Gasteiger partial charge >= 0.3 is 0 Å². The second-order valence-electron chi connectivity index (χ2n) is 4.94. The van der Waals surface area contributed by atoms with E-state index < -0.39 is 0 Å². The van der Waals surface area contributed by atoms with Gasteiger partial charge in [-0.3, -0.25) is 0 Å².